The number of carbonyl (C=O) groups is 2. The monoisotopic (exact) mass is 1020 g/mol. The highest BCUT2D eigenvalue weighted by atomic mass is 32.2. The number of esters is 2. The van der Waals surface area contributed by atoms with Gasteiger partial charge in [-0.25, -0.2) is 26.4 Å². The average Bonchev–Trinajstić information content (AvgIpc) is 3.16. The lowest BCUT2D eigenvalue weighted by atomic mass is 10.4. The number of ether oxygens (including phenoxy) is 2. The van der Waals surface area contributed by atoms with Gasteiger partial charge in [0.2, 0.25) is 19.7 Å². The van der Waals surface area contributed by atoms with E-state index in [2.05, 4.69) is 45.9 Å². The molecular formula is C44H70N2O12S2Si5. The molecule has 0 bridgehead atoms. The smallest absolute Gasteiger partial charge is 0.350 e. The summed E-state index contributed by atoms with van der Waals surface area (Å²) in [6.07, 6.45) is 10.6. The topological polar surface area (TPSA) is 164 Å². The molecule has 360 valence electrons. The Morgan fingerprint density at radius 1 is 0.615 bits per heavy atom. The van der Waals surface area contributed by atoms with Crippen molar-refractivity contribution in [3.8, 4) is 0 Å². The molecule has 0 amide bonds. The number of rotatable bonds is 26. The van der Waals surface area contributed by atoms with Crippen LogP contribution in [-0.4, -0.2) is 121 Å². The molecule has 0 heterocycles. The summed E-state index contributed by atoms with van der Waals surface area (Å²) in [6, 6.07) is 15.4. The zero-order valence-corrected chi connectivity index (χ0v) is 47.2. The standard InChI is InChI=1S/C44H70N2O12S2Si5/c1-16-53-43(47)41(59(49,50)39-27-20-18-21-28-39)31-24-33-45(4)35-26-36-64(14,56-62(9,10)11)58-65(15,57-63(12,13)55-61(6,7)8)38(3)37-46(5)34-25-32-42(44(48)54-17-2)60(51,52)40-29-22-19-23-30-40/h18-34,36H,3,16-17,35,37H2,1-2,4-15H3/b33-24+,34-25+,36-26+,41-31+,42-32-. The molecule has 0 saturated heterocycles. The van der Waals surface area contributed by atoms with Crippen molar-refractivity contribution in [3.63, 3.8) is 0 Å². The van der Waals surface area contributed by atoms with Gasteiger partial charge >= 0.3 is 37.6 Å². The fraction of sp³-hybridized carbons (Fsp3) is 0.409. The van der Waals surface area contributed by atoms with E-state index in [0.29, 0.717) is 11.7 Å². The molecule has 2 aromatic rings. The summed E-state index contributed by atoms with van der Waals surface area (Å²) in [5.74, 6) is -1.90. The zero-order valence-electron chi connectivity index (χ0n) is 40.5. The minimum absolute atomic E-state index is 0.00153. The van der Waals surface area contributed by atoms with Gasteiger partial charge in [0.15, 0.2) is 26.4 Å². The number of benzene rings is 2. The third-order valence-corrected chi connectivity index (χ3v) is 29.6. The Kier molecular flexibility index (Phi) is 21.5. The summed E-state index contributed by atoms with van der Waals surface area (Å²) in [5, 5.41) is 0.664. The van der Waals surface area contributed by atoms with Crippen molar-refractivity contribution in [3.05, 3.63) is 131 Å². The SMILES string of the molecule is C=C(CN(C)/C=C/C=C(/C(=O)OCC)S(=O)(=O)c1ccccc1)[Si](C)(O[Si](C)(C)O[Si](C)(C)C)O[Si](C)(/C=C/CN(C)/C=C/C=C(\C(=O)OCC)S(=O)(=O)c1ccccc1)O[Si](C)(C)C. The molecule has 2 unspecified atom stereocenters. The third-order valence-electron chi connectivity index (χ3n) is 8.61. The highest BCUT2D eigenvalue weighted by Crippen LogP contribution is 2.31. The second kappa shape index (κ2) is 24.3. The summed E-state index contributed by atoms with van der Waals surface area (Å²) in [7, 11) is -18.6. The van der Waals surface area contributed by atoms with Crippen LogP contribution in [0.15, 0.2) is 141 Å². The molecule has 0 saturated carbocycles. The summed E-state index contributed by atoms with van der Waals surface area (Å²) in [4.78, 5) is 28.3. The molecule has 0 radical (unpaired) electrons. The Hall–Kier alpha value is -3.76. The van der Waals surface area contributed by atoms with Crippen molar-refractivity contribution in [2.75, 3.05) is 40.4 Å². The molecule has 0 N–H and O–H groups in total. The van der Waals surface area contributed by atoms with E-state index in [1.165, 1.54) is 48.6 Å². The summed E-state index contributed by atoms with van der Waals surface area (Å²) >= 11 is 0. The lowest BCUT2D eigenvalue weighted by Crippen LogP contribution is -2.61. The highest BCUT2D eigenvalue weighted by Gasteiger charge is 2.50. The predicted molar refractivity (Wildman–Crippen MR) is 270 cm³/mol. The van der Waals surface area contributed by atoms with E-state index in [9.17, 15) is 26.4 Å². The maximum atomic E-state index is 13.5. The normalized spacial score (nSPS) is 15.5. The number of allylic oxidation sites excluding steroid dienone is 4. The molecule has 2 atom stereocenters. The molecule has 14 nitrogen and oxygen atoms in total. The van der Waals surface area contributed by atoms with E-state index in [4.69, 9.17) is 25.9 Å². The molecule has 2 aromatic carbocycles. The molecule has 2 rings (SSSR count). The fourth-order valence-corrected chi connectivity index (χ4v) is 31.0. The van der Waals surface area contributed by atoms with E-state index in [1.807, 2.05) is 42.9 Å². The van der Waals surface area contributed by atoms with Crippen molar-refractivity contribution >= 4 is 73.9 Å². The number of carbonyl (C=O) groups excluding carboxylic acids is 2. The Bertz CT molecular complexity index is 2310. The minimum atomic E-state index is -4.18. The van der Waals surface area contributed by atoms with E-state index >= 15 is 0 Å². The molecule has 21 heteroatoms. The van der Waals surface area contributed by atoms with Gasteiger partial charge in [-0.1, -0.05) is 49.1 Å². The first kappa shape index (κ1) is 57.4. The lowest BCUT2D eigenvalue weighted by Gasteiger charge is -2.44. The van der Waals surface area contributed by atoms with Crippen molar-refractivity contribution in [2.45, 2.75) is 89.1 Å². The Morgan fingerprint density at radius 2 is 1.03 bits per heavy atom. The van der Waals surface area contributed by atoms with Crippen molar-refractivity contribution < 1.29 is 52.4 Å². The van der Waals surface area contributed by atoms with Gasteiger partial charge in [-0.15, -0.1) is 0 Å². The van der Waals surface area contributed by atoms with Gasteiger partial charge in [0.05, 0.1) is 23.0 Å². The Balaban J connectivity index is 2.52. The molecule has 0 fully saturated rings. The van der Waals surface area contributed by atoms with Crippen LogP contribution >= 0.6 is 0 Å². The quantitative estimate of drug-likeness (QED) is 0.0381. The first-order chi connectivity index (χ1) is 29.9. The molecule has 0 aliphatic carbocycles. The largest absolute Gasteiger partial charge is 0.462 e. The van der Waals surface area contributed by atoms with Gasteiger partial charge in [0, 0.05) is 27.2 Å². The zero-order chi connectivity index (χ0) is 49.5. The van der Waals surface area contributed by atoms with Crippen LogP contribution in [0.3, 0.4) is 0 Å². The number of sulfone groups is 2. The molecular weight excluding hydrogens is 953 g/mol. The Labute approximate surface area is 394 Å². The van der Waals surface area contributed by atoms with E-state index in [0.717, 1.165) is 0 Å². The second-order valence-corrected chi connectivity index (χ2v) is 41.0. The molecule has 0 spiro atoms. The minimum Gasteiger partial charge on any atom is -0.462 e. The molecule has 0 aliphatic rings. The molecule has 0 aromatic heterocycles. The van der Waals surface area contributed by atoms with E-state index in [1.54, 1.807) is 81.6 Å². The predicted octanol–water partition coefficient (Wildman–Crippen LogP) is 8.49. The molecule has 65 heavy (non-hydrogen) atoms. The van der Waals surface area contributed by atoms with Crippen molar-refractivity contribution in [1.82, 2.24) is 9.80 Å². The second-order valence-electron chi connectivity index (χ2n) is 17.7. The van der Waals surface area contributed by atoms with Gasteiger partial charge in [0.1, 0.15) is 0 Å². The summed E-state index contributed by atoms with van der Waals surface area (Å²) < 4.78 is 91.7. The number of hydrogen-bond acceptors (Lipinski definition) is 14. The average molecular weight is 1020 g/mol. The van der Waals surface area contributed by atoms with Gasteiger partial charge in [-0.3, -0.25) is 0 Å². The van der Waals surface area contributed by atoms with Crippen LogP contribution in [0.5, 0.6) is 0 Å². The van der Waals surface area contributed by atoms with Crippen LogP contribution in [0.1, 0.15) is 13.8 Å². The van der Waals surface area contributed by atoms with Gasteiger partial charge < -0.3 is 35.7 Å². The number of hydrogen-bond donors (Lipinski definition) is 0. The maximum Gasteiger partial charge on any atom is 0.350 e. The van der Waals surface area contributed by atoms with Crippen molar-refractivity contribution in [1.29, 1.82) is 0 Å². The maximum absolute atomic E-state index is 13.5. The van der Waals surface area contributed by atoms with E-state index in [-0.39, 0.29) is 29.5 Å². The van der Waals surface area contributed by atoms with Crippen LogP contribution in [-0.2, 0) is 55.2 Å². The Morgan fingerprint density at radius 3 is 1.43 bits per heavy atom. The molecule has 0 aliphatic heterocycles. The number of likely N-dealkylation sites (N-methyl/N-ethyl adjacent to an activating group) is 2. The fourth-order valence-electron chi connectivity index (χ4n) is 6.41. The van der Waals surface area contributed by atoms with Crippen molar-refractivity contribution in [2.24, 2.45) is 0 Å². The van der Waals surface area contributed by atoms with E-state index < -0.39 is 83.7 Å². The summed E-state index contributed by atoms with van der Waals surface area (Å²) in [5.41, 5.74) is 1.96. The van der Waals surface area contributed by atoms with Crippen LogP contribution in [0.25, 0.3) is 0 Å². The summed E-state index contributed by atoms with van der Waals surface area (Å²) in [6.45, 7) is 28.8. The van der Waals surface area contributed by atoms with Gasteiger partial charge in [-0.05, 0) is 151 Å². The first-order valence-electron chi connectivity index (χ1n) is 21.2. The lowest BCUT2D eigenvalue weighted by molar-refractivity contribution is -0.138. The first-order valence-corrected chi connectivity index (χ1v) is 38.5. The van der Waals surface area contributed by atoms with Gasteiger partial charge in [0.25, 0.3) is 0 Å². The van der Waals surface area contributed by atoms with Crippen LogP contribution < -0.4 is 0 Å². The van der Waals surface area contributed by atoms with Crippen LogP contribution in [0, 0.1) is 0 Å². The number of nitrogens with zero attached hydrogens (tertiary/aromatic N) is 2. The van der Waals surface area contributed by atoms with Gasteiger partial charge in [-0.2, -0.15) is 0 Å². The van der Waals surface area contributed by atoms with Crippen LogP contribution in [0.2, 0.25) is 65.5 Å². The third kappa shape index (κ3) is 19.2. The highest BCUT2D eigenvalue weighted by molar-refractivity contribution is 7.96. The van der Waals surface area contributed by atoms with Crippen LogP contribution in [0.4, 0.5) is 0 Å².